The van der Waals surface area contributed by atoms with Crippen LogP contribution in [0.4, 0.5) is 0 Å². The van der Waals surface area contributed by atoms with Crippen LogP contribution in [0.1, 0.15) is 33.5 Å². The van der Waals surface area contributed by atoms with E-state index >= 15 is 0 Å². The third kappa shape index (κ3) is 2.33. The second-order valence-corrected chi connectivity index (χ2v) is 4.11. The molecule has 96 valence electrons. The number of nitrogens with zero attached hydrogens (tertiary/aromatic N) is 1. The molecule has 0 spiro atoms. The van der Waals surface area contributed by atoms with Gasteiger partial charge in [0.1, 0.15) is 5.69 Å². The molecule has 0 unspecified atom stereocenters. The number of ketones is 2. The van der Waals surface area contributed by atoms with Crippen LogP contribution in [0.3, 0.4) is 0 Å². The molecule has 1 aromatic heterocycles. The Morgan fingerprint density at radius 2 is 1.89 bits per heavy atom. The average Bonchev–Trinajstić information content (AvgIpc) is 2.32. The van der Waals surface area contributed by atoms with Crippen LogP contribution in [0.25, 0.3) is 0 Å². The number of aromatic nitrogens is 1. The predicted molar refractivity (Wildman–Crippen MR) is 64.5 cm³/mol. The van der Waals surface area contributed by atoms with Crippen LogP contribution < -0.4 is 5.32 Å². The Morgan fingerprint density at radius 1 is 1.21 bits per heavy atom. The van der Waals surface area contributed by atoms with Gasteiger partial charge in [-0.3, -0.25) is 24.5 Å². The molecule has 0 atom stereocenters. The lowest BCUT2D eigenvalue weighted by Gasteiger charge is -2.13. The van der Waals surface area contributed by atoms with Gasteiger partial charge in [-0.25, -0.2) is 4.98 Å². The van der Waals surface area contributed by atoms with E-state index in [-0.39, 0.29) is 16.8 Å². The van der Waals surface area contributed by atoms with E-state index < -0.39 is 23.4 Å². The molecule has 6 nitrogen and oxygen atoms in total. The van der Waals surface area contributed by atoms with E-state index in [9.17, 15) is 19.2 Å². The summed E-state index contributed by atoms with van der Waals surface area (Å²) in [5, 5.41) is 1.97. The molecule has 0 aliphatic heterocycles. The quantitative estimate of drug-likeness (QED) is 0.734. The van der Waals surface area contributed by atoms with E-state index in [2.05, 4.69) is 4.98 Å². The average molecular weight is 258 g/mol. The molecule has 0 aromatic carbocycles. The molecule has 1 heterocycles. The van der Waals surface area contributed by atoms with Gasteiger partial charge in [-0.05, 0) is 19.1 Å². The maximum absolute atomic E-state index is 12.1. The largest absolute Gasteiger partial charge is 0.292 e. The smallest absolute Gasteiger partial charge is 0.261 e. The van der Waals surface area contributed by atoms with Crippen LogP contribution >= 0.6 is 0 Å². The zero-order valence-corrected chi connectivity index (χ0v) is 10.3. The number of carbonyl (C=O) groups excluding carboxylic acids is 4. The molecule has 0 radical (unpaired) electrons. The van der Waals surface area contributed by atoms with E-state index in [1.807, 2.05) is 5.32 Å². The van der Waals surface area contributed by atoms with Crippen molar-refractivity contribution in [2.24, 2.45) is 0 Å². The third-order valence-corrected chi connectivity index (χ3v) is 2.57. The van der Waals surface area contributed by atoms with Crippen molar-refractivity contribution in [3.8, 4) is 0 Å². The molecule has 0 fully saturated rings. The van der Waals surface area contributed by atoms with Gasteiger partial charge in [0, 0.05) is 18.7 Å². The number of allylic oxidation sites excluding steroid dienone is 1. The van der Waals surface area contributed by atoms with Crippen LogP contribution in [-0.2, 0) is 9.59 Å². The third-order valence-electron chi connectivity index (χ3n) is 2.57. The molecular weight excluding hydrogens is 248 g/mol. The SMILES string of the molecule is CC(=O)NC(=O)C1=CC(=O)c2nc(C)ccc2C1=O. The summed E-state index contributed by atoms with van der Waals surface area (Å²) in [5.41, 5.74) is 0.361. The summed E-state index contributed by atoms with van der Waals surface area (Å²) in [6, 6.07) is 3.03. The highest BCUT2D eigenvalue weighted by Gasteiger charge is 2.30. The molecule has 0 saturated carbocycles. The number of rotatable bonds is 1. The van der Waals surface area contributed by atoms with Crippen LogP contribution in [-0.4, -0.2) is 28.4 Å². The Hall–Kier alpha value is -2.63. The number of aryl methyl sites for hydroxylation is 1. The van der Waals surface area contributed by atoms with Gasteiger partial charge in [0.25, 0.3) is 5.91 Å². The molecule has 1 N–H and O–H groups in total. The van der Waals surface area contributed by atoms with Crippen molar-refractivity contribution in [2.45, 2.75) is 13.8 Å². The van der Waals surface area contributed by atoms with Gasteiger partial charge < -0.3 is 0 Å². The van der Waals surface area contributed by atoms with Gasteiger partial charge in [0.05, 0.1) is 11.1 Å². The Bertz CT molecular complexity index is 659. The van der Waals surface area contributed by atoms with Gasteiger partial charge in [0.15, 0.2) is 0 Å². The Labute approximate surface area is 108 Å². The number of imide groups is 1. The Kier molecular flexibility index (Phi) is 3.08. The molecule has 1 aliphatic rings. The van der Waals surface area contributed by atoms with Gasteiger partial charge in [0.2, 0.25) is 17.5 Å². The number of nitrogens with one attached hydrogen (secondary N) is 1. The summed E-state index contributed by atoms with van der Waals surface area (Å²) in [6.07, 6.45) is 0.912. The first kappa shape index (κ1) is 12.8. The summed E-state index contributed by atoms with van der Waals surface area (Å²) >= 11 is 0. The fraction of sp³-hybridized carbons (Fsp3) is 0.154. The highest BCUT2D eigenvalue weighted by atomic mass is 16.2. The van der Waals surface area contributed by atoms with Crippen LogP contribution in [0.5, 0.6) is 0 Å². The number of amides is 2. The fourth-order valence-corrected chi connectivity index (χ4v) is 1.73. The van der Waals surface area contributed by atoms with Crippen molar-refractivity contribution in [1.82, 2.24) is 10.3 Å². The number of pyridine rings is 1. The minimum Gasteiger partial charge on any atom is -0.292 e. The first-order chi connectivity index (χ1) is 8.90. The highest BCUT2D eigenvalue weighted by Crippen LogP contribution is 2.20. The summed E-state index contributed by atoms with van der Waals surface area (Å²) < 4.78 is 0. The molecular formula is C13H10N2O4. The molecule has 2 rings (SSSR count). The van der Waals surface area contributed by atoms with Crippen molar-refractivity contribution in [3.05, 3.63) is 40.7 Å². The van der Waals surface area contributed by atoms with Crippen LogP contribution in [0.2, 0.25) is 0 Å². The van der Waals surface area contributed by atoms with E-state index in [1.54, 1.807) is 13.0 Å². The number of hydrogen-bond donors (Lipinski definition) is 1. The maximum atomic E-state index is 12.1. The van der Waals surface area contributed by atoms with Gasteiger partial charge in [-0.2, -0.15) is 0 Å². The molecule has 0 saturated heterocycles. The Morgan fingerprint density at radius 3 is 2.53 bits per heavy atom. The summed E-state index contributed by atoms with van der Waals surface area (Å²) in [4.78, 5) is 50.3. The van der Waals surface area contributed by atoms with Crippen molar-refractivity contribution in [3.63, 3.8) is 0 Å². The lowest BCUT2D eigenvalue weighted by molar-refractivity contribution is -0.126. The van der Waals surface area contributed by atoms with Crippen molar-refractivity contribution in [1.29, 1.82) is 0 Å². The van der Waals surface area contributed by atoms with E-state index in [4.69, 9.17) is 0 Å². The molecule has 0 bridgehead atoms. The zero-order valence-electron chi connectivity index (χ0n) is 10.3. The summed E-state index contributed by atoms with van der Waals surface area (Å²) in [6.45, 7) is 2.84. The molecule has 1 aromatic rings. The van der Waals surface area contributed by atoms with Crippen LogP contribution in [0.15, 0.2) is 23.8 Å². The highest BCUT2D eigenvalue weighted by molar-refractivity contribution is 6.35. The van der Waals surface area contributed by atoms with Crippen molar-refractivity contribution < 1.29 is 19.2 Å². The second kappa shape index (κ2) is 4.56. The number of carbonyl (C=O) groups is 4. The number of fused-ring (bicyclic) bond motifs is 1. The van der Waals surface area contributed by atoms with Crippen molar-refractivity contribution >= 4 is 23.4 Å². The topological polar surface area (TPSA) is 93.2 Å². The van der Waals surface area contributed by atoms with E-state index in [0.717, 1.165) is 13.0 Å². The van der Waals surface area contributed by atoms with E-state index in [1.165, 1.54) is 6.07 Å². The van der Waals surface area contributed by atoms with Crippen LogP contribution in [0, 0.1) is 6.92 Å². The minimum absolute atomic E-state index is 0.0318. The zero-order chi connectivity index (χ0) is 14.2. The summed E-state index contributed by atoms with van der Waals surface area (Å²) in [5.74, 6) is -2.61. The lowest BCUT2D eigenvalue weighted by atomic mass is 9.92. The van der Waals surface area contributed by atoms with Gasteiger partial charge in [-0.15, -0.1) is 0 Å². The Balaban J connectivity index is 2.45. The molecule has 2 amide bonds. The molecule has 6 heteroatoms. The second-order valence-electron chi connectivity index (χ2n) is 4.11. The number of Topliss-reactive ketones (excluding diaryl/α,β-unsaturated/α-hetero) is 1. The molecule has 1 aliphatic carbocycles. The van der Waals surface area contributed by atoms with Gasteiger partial charge in [-0.1, -0.05) is 0 Å². The normalized spacial score (nSPS) is 13.7. The first-order valence-electron chi connectivity index (χ1n) is 5.50. The summed E-state index contributed by atoms with van der Waals surface area (Å²) in [7, 11) is 0. The first-order valence-corrected chi connectivity index (χ1v) is 5.50. The van der Waals surface area contributed by atoms with Crippen molar-refractivity contribution in [2.75, 3.05) is 0 Å². The minimum atomic E-state index is -0.878. The maximum Gasteiger partial charge on any atom is 0.261 e. The molecule has 19 heavy (non-hydrogen) atoms. The van der Waals surface area contributed by atoms with Gasteiger partial charge >= 0.3 is 0 Å². The monoisotopic (exact) mass is 258 g/mol. The predicted octanol–water partition coefficient (Wildman–Crippen LogP) is 0.358. The fourth-order valence-electron chi connectivity index (χ4n) is 1.73. The standard InChI is InChI=1S/C13H10N2O4/c1-6-3-4-8-11(14-6)10(17)5-9(12(8)18)13(19)15-7(2)16/h3-5H,1-2H3,(H,15,16,19). The van der Waals surface area contributed by atoms with E-state index in [0.29, 0.717) is 5.69 Å². The number of hydrogen-bond acceptors (Lipinski definition) is 5. The lowest BCUT2D eigenvalue weighted by Crippen LogP contribution is -2.34.